The van der Waals surface area contributed by atoms with E-state index in [1.807, 2.05) is 0 Å². The highest BCUT2D eigenvalue weighted by Crippen LogP contribution is 2.27. The summed E-state index contributed by atoms with van der Waals surface area (Å²) in [5, 5.41) is 13.5. The normalized spacial score (nSPS) is 10.2. The molecule has 2 aromatic rings. The maximum absolute atomic E-state index is 12.0. The van der Waals surface area contributed by atoms with E-state index in [1.165, 1.54) is 17.4 Å². The molecule has 0 atom stereocenters. The number of hydrogen-bond donors (Lipinski definition) is 1. The molecule has 0 bridgehead atoms. The lowest BCUT2D eigenvalue weighted by molar-refractivity contribution is -0.385. The van der Waals surface area contributed by atoms with Crippen molar-refractivity contribution in [2.75, 3.05) is 5.32 Å². The van der Waals surface area contributed by atoms with Gasteiger partial charge < -0.3 is 5.32 Å². The lowest BCUT2D eigenvalue weighted by Gasteiger charge is -2.07. The Morgan fingerprint density at radius 1 is 1.37 bits per heavy atom. The van der Waals surface area contributed by atoms with Gasteiger partial charge in [-0.2, -0.15) is 0 Å². The van der Waals surface area contributed by atoms with Crippen molar-refractivity contribution in [2.24, 2.45) is 0 Å². The van der Waals surface area contributed by atoms with Crippen LogP contribution in [-0.4, -0.2) is 10.8 Å². The highest BCUT2D eigenvalue weighted by molar-refractivity contribution is 9.11. The van der Waals surface area contributed by atoms with E-state index in [1.54, 1.807) is 31.2 Å². The van der Waals surface area contributed by atoms with Crippen molar-refractivity contribution in [2.45, 2.75) is 6.92 Å². The predicted octanol–water partition coefficient (Wildman–Crippen LogP) is 3.98. The predicted molar refractivity (Wildman–Crippen MR) is 77.8 cm³/mol. The number of carbonyl (C=O) groups is 1. The van der Waals surface area contributed by atoms with Crippen molar-refractivity contribution < 1.29 is 9.72 Å². The van der Waals surface area contributed by atoms with Gasteiger partial charge in [0.1, 0.15) is 0 Å². The molecule has 19 heavy (non-hydrogen) atoms. The van der Waals surface area contributed by atoms with Gasteiger partial charge in [0, 0.05) is 6.07 Å². The van der Waals surface area contributed by atoms with Gasteiger partial charge in [-0.1, -0.05) is 6.07 Å². The molecular formula is C12H9BrN2O3S. The molecule has 0 spiro atoms. The molecule has 0 aliphatic rings. The van der Waals surface area contributed by atoms with Crippen LogP contribution in [0.4, 0.5) is 11.4 Å². The third-order valence-corrected chi connectivity index (χ3v) is 4.17. The average Bonchev–Trinajstić information content (AvgIpc) is 2.78. The second-order valence-electron chi connectivity index (χ2n) is 3.76. The third kappa shape index (κ3) is 2.99. The van der Waals surface area contributed by atoms with Crippen LogP contribution >= 0.6 is 27.3 Å². The number of amides is 1. The molecule has 1 heterocycles. The van der Waals surface area contributed by atoms with Gasteiger partial charge in [-0.05, 0) is 41.1 Å². The summed E-state index contributed by atoms with van der Waals surface area (Å²) in [7, 11) is 0. The van der Waals surface area contributed by atoms with Gasteiger partial charge in [-0.3, -0.25) is 14.9 Å². The van der Waals surface area contributed by atoms with E-state index >= 15 is 0 Å². The second kappa shape index (κ2) is 5.50. The van der Waals surface area contributed by atoms with Crippen LogP contribution in [0, 0.1) is 17.0 Å². The van der Waals surface area contributed by atoms with Crippen LogP contribution < -0.4 is 5.32 Å². The quantitative estimate of drug-likeness (QED) is 0.678. The number of nitro groups is 1. The third-order valence-electron chi connectivity index (χ3n) is 2.55. The van der Waals surface area contributed by atoms with Crippen LogP contribution in [0.1, 0.15) is 15.2 Å². The Morgan fingerprint density at radius 3 is 2.68 bits per heavy atom. The van der Waals surface area contributed by atoms with Crippen LogP contribution in [0.25, 0.3) is 0 Å². The highest BCUT2D eigenvalue weighted by Gasteiger charge is 2.16. The first-order valence-electron chi connectivity index (χ1n) is 5.29. The number of nitrogens with one attached hydrogen (secondary N) is 1. The van der Waals surface area contributed by atoms with Crippen LogP contribution in [-0.2, 0) is 0 Å². The molecule has 0 aliphatic carbocycles. The molecule has 5 nitrogen and oxygen atoms in total. The summed E-state index contributed by atoms with van der Waals surface area (Å²) in [6, 6.07) is 8.07. The number of benzene rings is 1. The minimum atomic E-state index is -0.466. The van der Waals surface area contributed by atoms with Crippen LogP contribution in [0.2, 0.25) is 0 Å². The molecular weight excluding hydrogens is 332 g/mol. The fraction of sp³-hybridized carbons (Fsp3) is 0.0833. The Kier molecular flexibility index (Phi) is 3.96. The van der Waals surface area contributed by atoms with Crippen molar-refractivity contribution in [3.05, 3.63) is 54.7 Å². The molecule has 1 amide bonds. The molecule has 0 saturated carbocycles. The first-order valence-corrected chi connectivity index (χ1v) is 6.90. The van der Waals surface area contributed by atoms with Gasteiger partial charge in [0.2, 0.25) is 0 Å². The van der Waals surface area contributed by atoms with Crippen LogP contribution in [0.5, 0.6) is 0 Å². The zero-order valence-electron chi connectivity index (χ0n) is 9.84. The lowest BCUT2D eigenvalue weighted by Crippen LogP contribution is -2.11. The Labute approximate surface area is 121 Å². The smallest absolute Gasteiger partial charge is 0.274 e. The molecule has 0 saturated heterocycles. The zero-order chi connectivity index (χ0) is 14.0. The van der Waals surface area contributed by atoms with Gasteiger partial charge in [0.05, 0.1) is 24.8 Å². The van der Waals surface area contributed by atoms with Crippen molar-refractivity contribution in [1.29, 1.82) is 0 Å². The molecule has 0 fully saturated rings. The van der Waals surface area contributed by atoms with E-state index < -0.39 is 4.92 Å². The molecule has 1 N–H and O–H groups in total. The number of nitrogens with zero attached hydrogens (tertiary/aromatic N) is 1. The Hall–Kier alpha value is -1.73. The number of rotatable bonds is 3. The molecule has 7 heteroatoms. The molecule has 2 rings (SSSR count). The van der Waals surface area contributed by atoms with Gasteiger partial charge >= 0.3 is 0 Å². The number of halogens is 1. The summed E-state index contributed by atoms with van der Waals surface area (Å²) in [6.07, 6.45) is 0. The Balaban J connectivity index is 2.27. The van der Waals surface area contributed by atoms with Gasteiger partial charge in [-0.15, -0.1) is 11.3 Å². The lowest BCUT2D eigenvalue weighted by atomic mass is 10.1. The van der Waals surface area contributed by atoms with E-state index in [-0.39, 0.29) is 11.6 Å². The average molecular weight is 341 g/mol. The largest absolute Gasteiger partial charge is 0.321 e. The molecule has 1 aromatic carbocycles. The van der Waals surface area contributed by atoms with Crippen LogP contribution in [0.3, 0.4) is 0 Å². The van der Waals surface area contributed by atoms with E-state index in [2.05, 4.69) is 21.2 Å². The molecule has 0 unspecified atom stereocenters. The number of nitro benzene ring substituents is 1. The zero-order valence-corrected chi connectivity index (χ0v) is 12.2. The van der Waals surface area contributed by atoms with Crippen molar-refractivity contribution in [3.8, 4) is 0 Å². The van der Waals surface area contributed by atoms with E-state index in [0.717, 1.165) is 3.79 Å². The first kappa shape index (κ1) is 13.7. The number of thiophene rings is 1. The Bertz CT molecular complexity index is 654. The molecule has 0 aliphatic heterocycles. The summed E-state index contributed by atoms with van der Waals surface area (Å²) >= 11 is 4.58. The SMILES string of the molecule is Cc1c(NC(=O)c2ccc(Br)s2)cccc1[N+](=O)[O-]. The summed E-state index contributed by atoms with van der Waals surface area (Å²) < 4.78 is 0.855. The summed E-state index contributed by atoms with van der Waals surface area (Å²) in [6.45, 7) is 1.61. The standard InChI is InChI=1S/C12H9BrN2O3S/c1-7-8(3-2-4-9(7)15(17)18)14-12(16)10-5-6-11(13)19-10/h2-6H,1H3,(H,14,16). The van der Waals surface area contributed by atoms with Gasteiger partial charge in [0.15, 0.2) is 0 Å². The number of carbonyl (C=O) groups excluding carboxylic acids is 1. The minimum absolute atomic E-state index is 0.00911. The van der Waals surface area contributed by atoms with Gasteiger partial charge in [-0.25, -0.2) is 0 Å². The van der Waals surface area contributed by atoms with E-state index in [0.29, 0.717) is 16.1 Å². The van der Waals surface area contributed by atoms with E-state index in [9.17, 15) is 14.9 Å². The summed E-state index contributed by atoms with van der Waals surface area (Å²) in [5.74, 6) is -0.278. The molecule has 1 aromatic heterocycles. The van der Waals surface area contributed by atoms with Crippen molar-refractivity contribution >= 4 is 44.5 Å². The first-order chi connectivity index (χ1) is 8.99. The topological polar surface area (TPSA) is 72.2 Å². The summed E-state index contributed by atoms with van der Waals surface area (Å²) in [4.78, 5) is 22.9. The van der Waals surface area contributed by atoms with Crippen molar-refractivity contribution in [3.63, 3.8) is 0 Å². The minimum Gasteiger partial charge on any atom is -0.321 e. The maximum atomic E-state index is 12.0. The Morgan fingerprint density at radius 2 is 2.11 bits per heavy atom. The fourth-order valence-electron chi connectivity index (χ4n) is 1.58. The van der Waals surface area contributed by atoms with E-state index in [4.69, 9.17) is 0 Å². The second-order valence-corrected chi connectivity index (χ2v) is 6.23. The number of hydrogen-bond acceptors (Lipinski definition) is 4. The fourth-order valence-corrected chi connectivity index (χ4v) is 2.86. The molecule has 0 radical (unpaired) electrons. The monoisotopic (exact) mass is 340 g/mol. The van der Waals surface area contributed by atoms with Crippen molar-refractivity contribution in [1.82, 2.24) is 0 Å². The van der Waals surface area contributed by atoms with Crippen LogP contribution in [0.15, 0.2) is 34.1 Å². The summed E-state index contributed by atoms with van der Waals surface area (Å²) in [5.41, 5.74) is 0.880. The highest BCUT2D eigenvalue weighted by atomic mass is 79.9. The molecule has 98 valence electrons. The maximum Gasteiger partial charge on any atom is 0.274 e. The van der Waals surface area contributed by atoms with Gasteiger partial charge in [0.25, 0.3) is 11.6 Å². The number of anilines is 1.